The van der Waals surface area contributed by atoms with Crippen molar-refractivity contribution in [2.24, 2.45) is 0 Å². The van der Waals surface area contributed by atoms with Crippen LogP contribution in [0.3, 0.4) is 0 Å². The summed E-state index contributed by atoms with van der Waals surface area (Å²) in [6, 6.07) is 9.98. The topological polar surface area (TPSA) is 101 Å². The van der Waals surface area contributed by atoms with Gasteiger partial charge in [-0.3, -0.25) is 19.3 Å². The predicted octanol–water partition coefficient (Wildman–Crippen LogP) is 2.39. The molecule has 1 fully saturated rings. The van der Waals surface area contributed by atoms with E-state index in [0.717, 1.165) is 12.8 Å². The first kappa shape index (κ1) is 18.1. The zero-order chi connectivity index (χ0) is 19.8. The molecule has 7 heteroatoms. The minimum Gasteiger partial charge on any atom is -0.478 e. The summed E-state index contributed by atoms with van der Waals surface area (Å²) in [6.45, 7) is 0.847. The molecule has 2 aliphatic heterocycles. The van der Waals surface area contributed by atoms with Gasteiger partial charge in [-0.2, -0.15) is 0 Å². The first-order valence-electron chi connectivity index (χ1n) is 8.95. The SMILES string of the molecule is O=C(O)c1ccc(C(=O)c2ccc3c(c2)C(=O)N(C[C@H]2CCCO2)C3=O)cc1. The van der Waals surface area contributed by atoms with Crippen molar-refractivity contribution in [2.75, 3.05) is 13.2 Å². The zero-order valence-electron chi connectivity index (χ0n) is 14.9. The van der Waals surface area contributed by atoms with Crippen LogP contribution in [0, 0.1) is 0 Å². The van der Waals surface area contributed by atoms with Crippen LogP contribution < -0.4 is 0 Å². The van der Waals surface area contributed by atoms with Crippen molar-refractivity contribution in [3.05, 3.63) is 70.3 Å². The summed E-state index contributed by atoms with van der Waals surface area (Å²) >= 11 is 0. The van der Waals surface area contributed by atoms with Gasteiger partial charge in [-0.1, -0.05) is 18.2 Å². The molecule has 0 saturated carbocycles. The molecular weight excluding hydrogens is 362 g/mol. The number of benzene rings is 2. The van der Waals surface area contributed by atoms with Gasteiger partial charge in [-0.25, -0.2) is 4.79 Å². The molecule has 142 valence electrons. The number of fused-ring (bicyclic) bond motifs is 1. The van der Waals surface area contributed by atoms with Gasteiger partial charge in [-0.05, 0) is 37.1 Å². The third kappa shape index (κ3) is 3.10. The maximum atomic E-state index is 12.7. The van der Waals surface area contributed by atoms with Crippen LogP contribution in [0.4, 0.5) is 0 Å². The molecule has 28 heavy (non-hydrogen) atoms. The van der Waals surface area contributed by atoms with Crippen LogP contribution in [-0.2, 0) is 4.74 Å². The molecule has 0 spiro atoms. The van der Waals surface area contributed by atoms with Crippen molar-refractivity contribution in [1.82, 2.24) is 4.90 Å². The van der Waals surface area contributed by atoms with Gasteiger partial charge in [0.25, 0.3) is 11.8 Å². The molecule has 0 bridgehead atoms. The number of carboxylic acid groups (broad SMARTS) is 1. The van der Waals surface area contributed by atoms with Crippen LogP contribution in [0.1, 0.15) is 59.8 Å². The van der Waals surface area contributed by atoms with Gasteiger partial charge in [0.15, 0.2) is 5.78 Å². The van der Waals surface area contributed by atoms with Crippen LogP contribution in [0.25, 0.3) is 0 Å². The van der Waals surface area contributed by atoms with Crippen molar-refractivity contribution in [3.8, 4) is 0 Å². The van der Waals surface area contributed by atoms with Crippen LogP contribution in [-0.4, -0.2) is 52.8 Å². The van der Waals surface area contributed by atoms with Crippen molar-refractivity contribution < 1.29 is 29.0 Å². The van der Waals surface area contributed by atoms with Crippen molar-refractivity contribution in [1.29, 1.82) is 0 Å². The Morgan fingerprint density at radius 2 is 1.61 bits per heavy atom. The number of rotatable bonds is 5. The average Bonchev–Trinajstić information content (AvgIpc) is 3.30. The van der Waals surface area contributed by atoms with Crippen LogP contribution in [0.15, 0.2) is 42.5 Å². The summed E-state index contributed by atoms with van der Waals surface area (Å²) in [6.07, 6.45) is 1.58. The number of carbonyl (C=O) groups is 4. The Morgan fingerprint density at radius 3 is 2.25 bits per heavy atom. The fourth-order valence-corrected chi connectivity index (χ4v) is 3.52. The summed E-state index contributed by atoms with van der Waals surface area (Å²) in [5.74, 6) is -2.23. The lowest BCUT2D eigenvalue weighted by atomic mass is 9.98. The standard InChI is InChI=1S/C21H17NO6/c23-18(12-3-5-13(6-4-12)21(26)27)14-7-8-16-17(10-14)20(25)22(19(16)24)11-15-2-1-9-28-15/h3-8,10,15H,1-2,9,11H2,(H,26,27)/t15-/m1/s1. The Kier molecular flexibility index (Phi) is 4.52. The Hall–Kier alpha value is -3.32. The number of imide groups is 1. The first-order valence-corrected chi connectivity index (χ1v) is 8.95. The fraction of sp³-hybridized carbons (Fsp3) is 0.238. The minimum absolute atomic E-state index is 0.0797. The Balaban J connectivity index is 1.58. The van der Waals surface area contributed by atoms with E-state index in [4.69, 9.17) is 9.84 Å². The molecule has 0 radical (unpaired) electrons. The fourth-order valence-electron chi connectivity index (χ4n) is 3.52. The average molecular weight is 379 g/mol. The maximum Gasteiger partial charge on any atom is 0.335 e. The van der Waals surface area contributed by atoms with Gasteiger partial charge in [0.05, 0.1) is 29.3 Å². The number of carbonyl (C=O) groups excluding carboxylic acids is 3. The molecule has 2 aromatic rings. The van der Waals surface area contributed by atoms with Crippen molar-refractivity contribution in [2.45, 2.75) is 18.9 Å². The molecule has 1 atom stereocenters. The number of ketones is 1. The number of amides is 2. The molecule has 0 unspecified atom stereocenters. The molecule has 0 aliphatic carbocycles. The third-order valence-corrected chi connectivity index (χ3v) is 5.04. The molecule has 7 nitrogen and oxygen atoms in total. The third-order valence-electron chi connectivity index (χ3n) is 5.04. The summed E-state index contributed by atoms with van der Waals surface area (Å²) < 4.78 is 5.51. The van der Waals surface area contributed by atoms with Crippen molar-refractivity contribution >= 4 is 23.6 Å². The number of carboxylic acids is 1. The summed E-state index contributed by atoms with van der Waals surface area (Å²) in [7, 11) is 0. The van der Waals surface area contributed by atoms with Gasteiger partial charge >= 0.3 is 5.97 Å². The largest absolute Gasteiger partial charge is 0.478 e. The number of hydrogen-bond donors (Lipinski definition) is 1. The van der Waals surface area contributed by atoms with E-state index in [1.165, 1.54) is 47.4 Å². The van der Waals surface area contributed by atoms with Gasteiger partial charge in [0, 0.05) is 17.7 Å². The van der Waals surface area contributed by atoms with E-state index in [-0.39, 0.29) is 46.6 Å². The Morgan fingerprint density at radius 1 is 0.964 bits per heavy atom. The van der Waals surface area contributed by atoms with E-state index >= 15 is 0 Å². The molecule has 1 N–H and O–H groups in total. The normalized spacial score (nSPS) is 18.4. The molecule has 2 aliphatic rings. The highest BCUT2D eigenvalue weighted by atomic mass is 16.5. The van der Waals surface area contributed by atoms with Crippen LogP contribution in [0.2, 0.25) is 0 Å². The highest BCUT2D eigenvalue weighted by Gasteiger charge is 2.38. The van der Waals surface area contributed by atoms with E-state index in [1.807, 2.05) is 0 Å². The maximum absolute atomic E-state index is 12.7. The molecular formula is C21H17NO6. The number of hydrogen-bond acceptors (Lipinski definition) is 5. The van der Waals surface area contributed by atoms with Gasteiger partial charge in [0.1, 0.15) is 0 Å². The summed E-state index contributed by atoms with van der Waals surface area (Å²) in [4.78, 5) is 50.1. The summed E-state index contributed by atoms with van der Waals surface area (Å²) in [5, 5.41) is 8.95. The minimum atomic E-state index is -1.08. The number of nitrogens with zero attached hydrogens (tertiary/aromatic N) is 1. The van der Waals surface area contributed by atoms with Gasteiger partial charge in [0.2, 0.25) is 0 Å². The second-order valence-electron chi connectivity index (χ2n) is 6.83. The Bertz CT molecular complexity index is 988. The van der Waals surface area contributed by atoms with Crippen LogP contribution >= 0.6 is 0 Å². The second kappa shape index (κ2) is 7.01. The van der Waals surface area contributed by atoms with E-state index < -0.39 is 11.9 Å². The van der Waals surface area contributed by atoms with E-state index in [0.29, 0.717) is 12.2 Å². The Labute approximate surface area is 160 Å². The smallest absolute Gasteiger partial charge is 0.335 e. The van der Waals surface area contributed by atoms with E-state index in [9.17, 15) is 19.2 Å². The van der Waals surface area contributed by atoms with Crippen molar-refractivity contribution in [3.63, 3.8) is 0 Å². The lowest BCUT2D eigenvalue weighted by Crippen LogP contribution is -2.36. The van der Waals surface area contributed by atoms with Gasteiger partial charge in [-0.15, -0.1) is 0 Å². The molecule has 0 aromatic heterocycles. The molecule has 2 amide bonds. The quantitative estimate of drug-likeness (QED) is 0.632. The molecule has 2 heterocycles. The lowest BCUT2D eigenvalue weighted by molar-refractivity contribution is 0.0475. The molecule has 4 rings (SSSR count). The first-order chi connectivity index (χ1) is 13.5. The molecule has 1 saturated heterocycles. The van der Waals surface area contributed by atoms with E-state index in [2.05, 4.69) is 0 Å². The number of ether oxygens (including phenoxy) is 1. The lowest BCUT2D eigenvalue weighted by Gasteiger charge is -2.17. The molecule has 2 aromatic carbocycles. The second-order valence-corrected chi connectivity index (χ2v) is 6.83. The summed E-state index contributed by atoms with van der Waals surface area (Å²) in [5.41, 5.74) is 1.13. The van der Waals surface area contributed by atoms with Crippen LogP contribution in [0.5, 0.6) is 0 Å². The monoisotopic (exact) mass is 379 g/mol. The predicted molar refractivity (Wildman–Crippen MR) is 97.6 cm³/mol. The highest BCUT2D eigenvalue weighted by molar-refractivity contribution is 6.22. The van der Waals surface area contributed by atoms with Gasteiger partial charge < -0.3 is 9.84 Å². The van der Waals surface area contributed by atoms with E-state index in [1.54, 1.807) is 0 Å². The number of aromatic carboxylic acids is 1. The highest BCUT2D eigenvalue weighted by Crippen LogP contribution is 2.27. The zero-order valence-corrected chi connectivity index (χ0v) is 14.9.